The summed E-state index contributed by atoms with van der Waals surface area (Å²) in [5.41, 5.74) is 5.39. The topological polar surface area (TPSA) is 72.0 Å². The van der Waals surface area contributed by atoms with Crippen LogP contribution in [-0.2, 0) is 6.54 Å². The Balaban J connectivity index is 2.35. The number of hydrazine groups is 1. The molecule has 1 unspecified atom stereocenters. The highest BCUT2D eigenvalue weighted by Gasteiger charge is 2.22. The van der Waals surface area contributed by atoms with Crippen molar-refractivity contribution in [2.45, 2.75) is 19.5 Å². The predicted octanol–water partition coefficient (Wildman–Crippen LogP) is 1.35. The highest BCUT2D eigenvalue weighted by molar-refractivity contribution is 6.31. The Hall–Kier alpha value is -1.47. The predicted molar refractivity (Wildman–Crippen MR) is 83.9 cm³/mol. The van der Waals surface area contributed by atoms with Crippen LogP contribution in [0.3, 0.4) is 0 Å². The molecule has 0 fully saturated rings. The minimum absolute atomic E-state index is 0.290. The number of aryl methyl sites for hydroxylation is 1. The van der Waals surface area contributed by atoms with Crippen molar-refractivity contribution in [3.8, 4) is 0 Å². The Kier molecular flexibility index (Phi) is 5.30. The van der Waals surface area contributed by atoms with E-state index < -0.39 is 0 Å². The summed E-state index contributed by atoms with van der Waals surface area (Å²) in [5.74, 6) is 5.74. The first kappa shape index (κ1) is 15.9. The van der Waals surface area contributed by atoms with Gasteiger partial charge >= 0.3 is 0 Å². The number of hydrogen-bond acceptors (Lipinski definition) is 5. The molecule has 6 nitrogen and oxygen atoms in total. The lowest BCUT2D eigenvalue weighted by atomic mass is 10.1. The van der Waals surface area contributed by atoms with Gasteiger partial charge in [0.1, 0.15) is 6.04 Å². The molecule has 1 atom stereocenters. The van der Waals surface area contributed by atoms with E-state index in [2.05, 4.69) is 20.4 Å². The van der Waals surface area contributed by atoms with E-state index in [1.807, 2.05) is 43.9 Å². The van der Waals surface area contributed by atoms with Crippen LogP contribution in [0.1, 0.15) is 23.1 Å². The van der Waals surface area contributed by atoms with Gasteiger partial charge in [0.25, 0.3) is 0 Å². The Morgan fingerprint density at radius 2 is 2.19 bits per heavy atom. The van der Waals surface area contributed by atoms with Crippen LogP contribution in [0.5, 0.6) is 0 Å². The lowest BCUT2D eigenvalue weighted by Gasteiger charge is -2.19. The Bertz CT molecular complexity index is 595. The van der Waals surface area contributed by atoms with Crippen molar-refractivity contribution in [1.29, 1.82) is 0 Å². The molecule has 0 aliphatic carbocycles. The number of rotatable bonds is 6. The van der Waals surface area contributed by atoms with Gasteiger partial charge in [0, 0.05) is 12.2 Å². The second-order valence-electron chi connectivity index (χ2n) is 5.21. The molecule has 3 N–H and O–H groups in total. The standard InChI is InChI=1S/C14H21ClN6/c1-10-5-4-6-12(18-10)13(19-16)14-11(15)9-17-21(14)8-7-20(2)3/h4-6,9,13,19H,7-8,16H2,1-3H3. The van der Waals surface area contributed by atoms with Crippen molar-refractivity contribution < 1.29 is 0 Å². The second-order valence-corrected chi connectivity index (χ2v) is 5.61. The first-order valence-corrected chi connectivity index (χ1v) is 7.16. The molecule has 0 saturated carbocycles. The van der Waals surface area contributed by atoms with Gasteiger partial charge in [-0.15, -0.1) is 0 Å². The molecule has 2 aromatic rings. The smallest absolute Gasteiger partial charge is 0.106 e. The molecular weight excluding hydrogens is 288 g/mol. The molecule has 21 heavy (non-hydrogen) atoms. The van der Waals surface area contributed by atoms with Gasteiger partial charge in [0.15, 0.2) is 0 Å². The van der Waals surface area contributed by atoms with Gasteiger partial charge in [0.05, 0.1) is 29.2 Å². The van der Waals surface area contributed by atoms with Gasteiger partial charge in [-0.3, -0.25) is 15.5 Å². The molecule has 114 valence electrons. The van der Waals surface area contributed by atoms with E-state index in [1.165, 1.54) is 0 Å². The fourth-order valence-electron chi connectivity index (χ4n) is 2.16. The van der Waals surface area contributed by atoms with E-state index in [-0.39, 0.29) is 6.04 Å². The van der Waals surface area contributed by atoms with Crippen LogP contribution < -0.4 is 11.3 Å². The normalized spacial score (nSPS) is 12.9. The summed E-state index contributed by atoms with van der Waals surface area (Å²) < 4.78 is 1.87. The van der Waals surface area contributed by atoms with Crippen molar-refractivity contribution in [1.82, 2.24) is 25.1 Å². The first-order chi connectivity index (χ1) is 10.0. The highest BCUT2D eigenvalue weighted by Crippen LogP contribution is 2.26. The zero-order chi connectivity index (χ0) is 15.4. The van der Waals surface area contributed by atoms with Crippen LogP contribution in [0.2, 0.25) is 5.02 Å². The molecule has 2 rings (SSSR count). The molecule has 0 amide bonds. The van der Waals surface area contributed by atoms with Gasteiger partial charge in [-0.05, 0) is 33.2 Å². The number of likely N-dealkylation sites (N-methyl/N-ethyl adjacent to an activating group) is 1. The zero-order valence-corrected chi connectivity index (χ0v) is 13.3. The summed E-state index contributed by atoms with van der Waals surface area (Å²) in [7, 11) is 4.04. The number of nitrogens with one attached hydrogen (secondary N) is 1. The maximum atomic E-state index is 6.30. The number of hydrogen-bond donors (Lipinski definition) is 2. The van der Waals surface area contributed by atoms with E-state index in [0.717, 1.165) is 30.2 Å². The Labute approximate surface area is 129 Å². The van der Waals surface area contributed by atoms with Crippen LogP contribution >= 0.6 is 11.6 Å². The molecular formula is C14H21ClN6. The van der Waals surface area contributed by atoms with E-state index in [4.69, 9.17) is 17.4 Å². The molecule has 2 heterocycles. The molecule has 0 aromatic carbocycles. The average Bonchev–Trinajstić information content (AvgIpc) is 2.79. The molecule has 2 aromatic heterocycles. The third-order valence-electron chi connectivity index (χ3n) is 3.24. The minimum atomic E-state index is -0.290. The summed E-state index contributed by atoms with van der Waals surface area (Å²) in [5, 5.41) is 4.92. The summed E-state index contributed by atoms with van der Waals surface area (Å²) in [4.78, 5) is 6.62. The van der Waals surface area contributed by atoms with Crippen molar-refractivity contribution >= 4 is 11.6 Å². The zero-order valence-electron chi connectivity index (χ0n) is 12.5. The lowest BCUT2D eigenvalue weighted by Crippen LogP contribution is -2.32. The largest absolute Gasteiger partial charge is 0.308 e. The van der Waals surface area contributed by atoms with E-state index in [1.54, 1.807) is 6.20 Å². The van der Waals surface area contributed by atoms with Gasteiger partial charge in [0.2, 0.25) is 0 Å². The summed E-state index contributed by atoms with van der Waals surface area (Å²) in [6.07, 6.45) is 1.65. The fourth-order valence-corrected chi connectivity index (χ4v) is 2.41. The molecule has 0 radical (unpaired) electrons. The van der Waals surface area contributed by atoms with Gasteiger partial charge in [-0.1, -0.05) is 17.7 Å². The SMILES string of the molecule is Cc1cccc(C(NN)c2c(Cl)cnn2CCN(C)C)n1. The van der Waals surface area contributed by atoms with E-state index in [9.17, 15) is 0 Å². The van der Waals surface area contributed by atoms with Crippen LogP contribution in [0.4, 0.5) is 0 Å². The lowest BCUT2D eigenvalue weighted by molar-refractivity contribution is 0.365. The summed E-state index contributed by atoms with van der Waals surface area (Å²) in [6.45, 7) is 3.55. The van der Waals surface area contributed by atoms with Crippen LogP contribution in [0.25, 0.3) is 0 Å². The van der Waals surface area contributed by atoms with Gasteiger partial charge < -0.3 is 4.90 Å². The molecule has 0 aliphatic heterocycles. The average molecular weight is 309 g/mol. The van der Waals surface area contributed by atoms with Crippen LogP contribution in [-0.4, -0.2) is 40.3 Å². The fraction of sp³-hybridized carbons (Fsp3) is 0.429. The molecule has 0 bridgehead atoms. The number of nitrogens with two attached hydrogens (primary N) is 1. The maximum absolute atomic E-state index is 6.30. The second kappa shape index (κ2) is 7.00. The summed E-state index contributed by atoms with van der Waals surface area (Å²) in [6, 6.07) is 5.54. The van der Waals surface area contributed by atoms with E-state index >= 15 is 0 Å². The van der Waals surface area contributed by atoms with Crippen molar-refractivity contribution in [2.75, 3.05) is 20.6 Å². The highest BCUT2D eigenvalue weighted by atomic mass is 35.5. The quantitative estimate of drug-likeness (QED) is 0.623. The number of pyridine rings is 1. The Morgan fingerprint density at radius 1 is 1.43 bits per heavy atom. The monoisotopic (exact) mass is 308 g/mol. The Morgan fingerprint density at radius 3 is 2.81 bits per heavy atom. The van der Waals surface area contributed by atoms with Crippen LogP contribution in [0.15, 0.2) is 24.4 Å². The molecule has 7 heteroatoms. The summed E-state index contributed by atoms with van der Waals surface area (Å²) >= 11 is 6.30. The van der Waals surface area contributed by atoms with Gasteiger partial charge in [-0.25, -0.2) is 5.43 Å². The third-order valence-corrected chi connectivity index (χ3v) is 3.53. The maximum Gasteiger partial charge on any atom is 0.106 e. The molecule has 0 aliphatic rings. The van der Waals surface area contributed by atoms with Crippen molar-refractivity contribution in [3.05, 3.63) is 46.5 Å². The number of aromatic nitrogens is 3. The molecule has 0 spiro atoms. The van der Waals surface area contributed by atoms with Crippen LogP contribution in [0, 0.1) is 6.92 Å². The van der Waals surface area contributed by atoms with E-state index in [0.29, 0.717) is 5.02 Å². The molecule has 0 saturated heterocycles. The first-order valence-electron chi connectivity index (χ1n) is 6.78. The van der Waals surface area contributed by atoms with Crippen molar-refractivity contribution in [3.63, 3.8) is 0 Å². The number of nitrogens with zero attached hydrogens (tertiary/aromatic N) is 4. The number of halogens is 1. The third kappa shape index (κ3) is 3.79. The van der Waals surface area contributed by atoms with Crippen molar-refractivity contribution in [2.24, 2.45) is 5.84 Å². The van der Waals surface area contributed by atoms with Gasteiger partial charge in [-0.2, -0.15) is 5.10 Å². The minimum Gasteiger partial charge on any atom is -0.308 e.